The van der Waals surface area contributed by atoms with Crippen LogP contribution in [0.15, 0.2) is 42.7 Å². The number of anilines is 2. The standard InChI is InChI=1S/C12H11F3N4O/c13-12(14,15)8-19-7-10(6-16-19)18-11(20)17-9-4-2-1-3-5-9/h1-7H,8H2,(H2,17,18,20). The number of nitrogens with one attached hydrogen (secondary N) is 2. The molecular weight excluding hydrogens is 273 g/mol. The summed E-state index contributed by atoms with van der Waals surface area (Å²) in [5.74, 6) is 0. The SMILES string of the molecule is O=C(Nc1ccccc1)Nc1cnn(CC(F)(F)F)c1. The molecule has 2 rings (SSSR count). The fraction of sp³-hybridized carbons (Fsp3) is 0.167. The number of amides is 2. The molecule has 0 aliphatic rings. The molecule has 0 radical (unpaired) electrons. The smallest absolute Gasteiger partial charge is 0.308 e. The molecule has 2 aromatic rings. The van der Waals surface area contributed by atoms with E-state index < -0.39 is 18.8 Å². The Hall–Kier alpha value is -2.51. The van der Waals surface area contributed by atoms with Gasteiger partial charge in [0, 0.05) is 11.9 Å². The summed E-state index contributed by atoms with van der Waals surface area (Å²) in [4.78, 5) is 11.6. The van der Waals surface area contributed by atoms with E-state index in [1.165, 1.54) is 0 Å². The largest absolute Gasteiger partial charge is 0.408 e. The predicted octanol–water partition coefficient (Wildman–Crippen LogP) is 3.09. The average Bonchev–Trinajstić information content (AvgIpc) is 2.75. The number of alkyl halides is 3. The summed E-state index contributed by atoms with van der Waals surface area (Å²) >= 11 is 0. The van der Waals surface area contributed by atoms with Gasteiger partial charge in [0.2, 0.25) is 0 Å². The maximum absolute atomic E-state index is 12.1. The van der Waals surface area contributed by atoms with Gasteiger partial charge >= 0.3 is 12.2 Å². The fourth-order valence-electron chi connectivity index (χ4n) is 1.51. The Bertz CT molecular complexity index is 580. The molecule has 0 aliphatic carbocycles. The van der Waals surface area contributed by atoms with Crippen LogP contribution in [0.3, 0.4) is 0 Å². The lowest BCUT2D eigenvalue weighted by atomic mass is 10.3. The molecule has 106 valence electrons. The number of aromatic nitrogens is 2. The Morgan fingerprint density at radius 3 is 2.45 bits per heavy atom. The van der Waals surface area contributed by atoms with Crippen LogP contribution in [0.1, 0.15) is 0 Å². The Labute approximate surface area is 112 Å². The van der Waals surface area contributed by atoms with Crippen LogP contribution in [0.2, 0.25) is 0 Å². The van der Waals surface area contributed by atoms with E-state index in [0.29, 0.717) is 10.4 Å². The van der Waals surface area contributed by atoms with Gasteiger partial charge in [0.05, 0.1) is 11.9 Å². The van der Waals surface area contributed by atoms with Crippen LogP contribution >= 0.6 is 0 Å². The third kappa shape index (κ3) is 4.30. The number of hydrogen-bond donors (Lipinski definition) is 2. The van der Waals surface area contributed by atoms with Crippen LogP contribution < -0.4 is 10.6 Å². The van der Waals surface area contributed by atoms with E-state index in [1.807, 2.05) is 0 Å². The first-order valence-electron chi connectivity index (χ1n) is 5.65. The minimum atomic E-state index is -4.35. The van der Waals surface area contributed by atoms with Gasteiger partial charge in [-0.2, -0.15) is 18.3 Å². The lowest BCUT2D eigenvalue weighted by molar-refractivity contribution is -0.142. The van der Waals surface area contributed by atoms with E-state index in [4.69, 9.17) is 0 Å². The zero-order valence-corrected chi connectivity index (χ0v) is 10.2. The summed E-state index contributed by atoms with van der Waals surface area (Å²) in [6.45, 7) is -1.20. The van der Waals surface area contributed by atoms with Crippen molar-refractivity contribution in [1.29, 1.82) is 0 Å². The molecule has 1 aromatic carbocycles. The molecule has 1 aromatic heterocycles. The van der Waals surface area contributed by atoms with Crippen LogP contribution in [-0.4, -0.2) is 22.0 Å². The minimum Gasteiger partial charge on any atom is -0.308 e. The predicted molar refractivity (Wildman–Crippen MR) is 67.4 cm³/mol. The molecule has 5 nitrogen and oxygen atoms in total. The van der Waals surface area contributed by atoms with Crippen LogP contribution in [-0.2, 0) is 6.54 Å². The molecule has 0 saturated carbocycles. The van der Waals surface area contributed by atoms with Crippen molar-refractivity contribution >= 4 is 17.4 Å². The maximum Gasteiger partial charge on any atom is 0.408 e. The van der Waals surface area contributed by atoms with E-state index in [1.54, 1.807) is 30.3 Å². The third-order valence-electron chi connectivity index (χ3n) is 2.26. The Morgan fingerprint density at radius 2 is 1.80 bits per heavy atom. The first-order valence-corrected chi connectivity index (χ1v) is 5.65. The summed E-state index contributed by atoms with van der Waals surface area (Å²) < 4.78 is 37.1. The molecular formula is C12H11F3N4O. The van der Waals surface area contributed by atoms with Gasteiger partial charge in [-0.3, -0.25) is 4.68 Å². The topological polar surface area (TPSA) is 59.0 Å². The van der Waals surface area contributed by atoms with E-state index in [9.17, 15) is 18.0 Å². The zero-order chi connectivity index (χ0) is 14.6. The molecule has 0 atom stereocenters. The quantitative estimate of drug-likeness (QED) is 0.910. The molecule has 0 unspecified atom stereocenters. The first kappa shape index (κ1) is 13.9. The van der Waals surface area contributed by atoms with Crippen molar-refractivity contribution in [2.75, 3.05) is 10.6 Å². The highest BCUT2D eigenvalue weighted by Crippen LogP contribution is 2.18. The van der Waals surface area contributed by atoms with Crippen molar-refractivity contribution in [3.63, 3.8) is 0 Å². The third-order valence-corrected chi connectivity index (χ3v) is 2.26. The van der Waals surface area contributed by atoms with Crippen LogP contribution in [0.4, 0.5) is 29.3 Å². The lowest BCUT2D eigenvalue weighted by Crippen LogP contribution is -2.19. The number of urea groups is 1. The van der Waals surface area contributed by atoms with Gasteiger partial charge < -0.3 is 10.6 Å². The summed E-state index contributed by atoms with van der Waals surface area (Å²) in [5, 5.41) is 8.45. The van der Waals surface area contributed by atoms with Crippen LogP contribution in [0, 0.1) is 0 Å². The second-order valence-electron chi connectivity index (χ2n) is 3.99. The molecule has 1 heterocycles. The highest BCUT2D eigenvalue weighted by atomic mass is 19.4. The van der Waals surface area contributed by atoms with Gasteiger partial charge in [-0.15, -0.1) is 0 Å². The van der Waals surface area contributed by atoms with Crippen molar-refractivity contribution in [1.82, 2.24) is 9.78 Å². The monoisotopic (exact) mass is 284 g/mol. The number of benzene rings is 1. The summed E-state index contributed by atoms with van der Waals surface area (Å²) in [6.07, 6.45) is -2.09. The number of rotatable bonds is 3. The maximum atomic E-state index is 12.1. The lowest BCUT2D eigenvalue weighted by Gasteiger charge is -2.06. The summed E-state index contributed by atoms with van der Waals surface area (Å²) in [7, 11) is 0. The van der Waals surface area contributed by atoms with E-state index in [2.05, 4.69) is 15.7 Å². The molecule has 0 bridgehead atoms. The average molecular weight is 284 g/mol. The van der Waals surface area contributed by atoms with Crippen molar-refractivity contribution in [3.8, 4) is 0 Å². The Kier molecular flexibility index (Phi) is 3.92. The minimum absolute atomic E-state index is 0.183. The van der Waals surface area contributed by atoms with Crippen molar-refractivity contribution in [3.05, 3.63) is 42.7 Å². The molecule has 0 saturated heterocycles. The van der Waals surface area contributed by atoms with Gasteiger partial charge in [-0.05, 0) is 12.1 Å². The number of carbonyl (C=O) groups is 1. The number of hydrogen-bond acceptors (Lipinski definition) is 2. The van der Waals surface area contributed by atoms with E-state index in [-0.39, 0.29) is 5.69 Å². The highest BCUT2D eigenvalue weighted by molar-refractivity contribution is 5.99. The molecule has 0 spiro atoms. The van der Waals surface area contributed by atoms with Gasteiger partial charge in [-0.1, -0.05) is 18.2 Å². The number of carbonyl (C=O) groups excluding carboxylic acids is 1. The molecule has 0 fully saturated rings. The number of nitrogens with zero attached hydrogens (tertiary/aromatic N) is 2. The van der Waals surface area contributed by atoms with Crippen molar-refractivity contribution in [2.45, 2.75) is 12.7 Å². The second kappa shape index (κ2) is 5.64. The van der Waals surface area contributed by atoms with Crippen LogP contribution in [0.5, 0.6) is 0 Å². The van der Waals surface area contributed by atoms with Crippen molar-refractivity contribution < 1.29 is 18.0 Å². The zero-order valence-electron chi connectivity index (χ0n) is 10.2. The highest BCUT2D eigenvalue weighted by Gasteiger charge is 2.28. The second-order valence-corrected chi connectivity index (χ2v) is 3.99. The van der Waals surface area contributed by atoms with E-state index >= 15 is 0 Å². The first-order chi connectivity index (χ1) is 9.42. The fourth-order valence-corrected chi connectivity index (χ4v) is 1.51. The van der Waals surface area contributed by atoms with Gasteiger partial charge in [0.1, 0.15) is 6.54 Å². The Morgan fingerprint density at radius 1 is 1.15 bits per heavy atom. The Balaban J connectivity index is 1.92. The number of para-hydroxylation sites is 1. The summed E-state index contributed by atoms with van der Waals surface area (Å²) in [6, 6.07) is 8.11. The molecule has 0 aliphatic heterocycles. The molecule has 2 amide bonds. The molecule has 2 N–H and O–H groups in total. The number of halogens is 3. The van der Waals surface area contributed by atoms with Gasteiger partial charge in [0.25, 0.3) is 0 Å². The van der Waals surface area contributed by atoms with Gasteiger partial charge in [-0.25, -0.2) is 4.79 Å². The molecule has 8 heteroatoms. The normalized spacial score (nSPS) is 11.2. The van der Waals surface area contributed by atoms with Crippen molar-refractivity contribution in [2.24, 2.45) is 0 Å². The van der Waals surface area contributed by atoms with Crippen LogP contribution in [0.25, 0.3) is 0 Å². The summed E-state index contributed by atoms with van der Waals surface area (Å²) in [5.41, 5.74) is 0.760. The van der Waals surface area contributed by atoms with E-state index in [0.717, 1.165) is 12.4 Å². The molecule has 20 heavy (non-hydrogen) atoms. The van der Waals surface area contributed by atoms with Gasteiger partial charge in [0.15, 0.2) is 0 Å².